The van der Waals surface area contributed by atoms with Gasteiger partial charge in [0, 0.05) is 18.7 Å². The van der Waals surface area contributed by atoms with E-state index in [4.69, 9.17) is 9.26 Å². The number of hydrogen-bond donors (Lipinski definition) is 0. The number of aromatic nitrogens is 3. The van der Waals surface area contributed by atoms with Gasteiger partial charge in [0.2, 0.25) is 5.88 Å². The summed E-state index contributed by atoms with van der Waals surface area (Å²) in [6.07, 6.45) is 3.48. The van der Waals surface area contributed by atoms with Crippen molar-refractivity contribution in [3.63, 3.8) is 0 Å². The van der Waals surface area contributed by atoms with E-state index in [-0.39, 0.29) is 0 Å². The Bertz CT molecular complexity index is 451. The minimum atomic E-state index is 0.499. The molecule has 5 nitrogen and oxygen atoms in total. The molecule has 84 valence electrons. The first kappa shape index (κ1) is 10.6. The van der Waals surface area contributed by atoms with Crippen LogP contribution in [0.5, 0.6) is 5.88 Å². The van der Waals surface area contributed by atoms with Gasteiger partial charge in [0.1, 0.15) is 0 Å². The van der Waals surface area contributed by atoms with Gasteiger partial charge >= 0.3 is 0 Å². The maximum Gasteiger partial charge on any atom is 0.259 e. The zero-order chi connectivity index (χ0) is 11.4. The van der Waals surface area contributed by atoms with Crippen molar-refractivity contribution >= 4 is 0 Å². The molecule has 2 aromatic rings. The van der Waals surface area contributed by atoms with Crippen molar-refractivity contribution in [3.05, 3.63) is 24.2 Å². The molecule has 0 aliphatic heterocycles. The van der Waals surface area contributed by atoms with E-state index in [9.17, 15) is 0 Å². The number of rotatable bonds is 4. The molecule has 2 heterocycles. The molecule has 0 unspecified atom stereocenters. The van der Waals surface area contributed by atoms with Gasteiger partial charge < -0.3 is 9.26 Å². The number of pyridine rings is 1. The number of ether oxygens (including phenoxy) is 1. The maximum absolute atomic E-state index is 5.13. The second kappa shape index (κ2) is 4.74. The van der Waals surface area contributed by atoms with Crippen LogP contribution in [0.2, 0.25) is 0 Å². The Morgan fingerprint density at radius 2 is 2.25 bits per heavy atom. The number of nitrogens with zero attached hydrogens (tertiary/aromatic N) is 3. The van der Waals surface area contributed by atoms with Gasteiger partial charge in [0.05, 0.1) is 12.7 Å². The molecule has 0 fully saturated rings. The summed E-state index contributed by atoms with van der Waals surface area (Å²) in [6.45, 7) is 2.07. The molecule has 0 amide bonds. The Labute approximate surface area is 93.5 Å². The molecule has 2 aromatic heterocycles. The lowest BCUT2D eigenvalue weighted by Gasteiger charge is -1.97. The van der Waals surface area contributed by atoms with E-state index in [2.05, 4.69) is 22.0 Å². The van der Waals surface area contributed by atoms with Crippen LogP contribution < -0.4 is 4.74 Å². The second-order valence-electron chi connectivity index (χ2n) is 3.35. The van der Waals surface area contributed by atoms with Crippen LogP contribution in [0, 0.1) is 0 Å². The first-order valence-electron chi connectivity index (χ1n) is 5.16. The molecule has 0 aliphatic carbocycles. The molecule has 5 heteroatoms. The highest BCUT2D eigenvalue weighted by molar-refractivity contribution is 5.51. The average Bonchev–Trinajstić information content (AvgIpc) is 2.78. The largest absolute Gasteiger partial charge is 0.481 e. The van der Waals surface area contributed by atoms with Crippen molar-refractivity contribution < 1.29 is 9.26 Å². The van der Waals surface area contributed by atoms with Gasteiger partial charge in [-0.2, -0.15) is 4.98 Å². The molecule has 0 atom stereocenters. The van der Waals surface area contributed by atoms with Crippen molar-refractivity contribution in [2.45, 2.75) is 19.8 Å². The zero-order valence-electron chi connectivity index (χ0n) is 9.30. The van der Waals surface area contributed by atoms with Crippen LogP contribution in [0.1, 0.15) is 19.2 Å². The Balaban J connectivity index is 2.21. The lowest BCUT2D eigenvalue weighted by molar-refractivity contribution is 0.397. The molecule has 0 saturated carbocycles. The Morgan fingerprint density at radius 1 is 1.38 bits per heavy atom. The van der Waals surface area contributed by atoms with Crippen LogP contribution in [-0.2, 0) is 6.42 Å². The van der Waals surface area contributed by atoms with Crippen LogP contribution in [0.15, 0.2) is 22.9 Å². The predicted octanol–water partition coefficient (Wildman–Crippen LogP) is 2.09. The summed E-state index contributed by atoms with van der Waals surface area (Å²) in [7, 11) is 1.58. The second-order valence-corrected chi connectivity index (χ2v) is 3.35. The summed E-state index contributed by atoms with van der Waals surface area (Å²) in [6, 6.07) is 3.61. The van der Waals surface area contributed by atoms with Gasteiger partial charge in [-0.3, -0.25) is 0 Å². The van der Waals surface area contributed by atoms with Gasteiger partial charge in [-0.15, -0.1) is 0 Å². The van der Waals surface area contributed by atoms with E-state index in [1.54, 1.807) is 19.4 Å². The van der Waals surface area contributed by atoms with Crippen molar-refractivity contribution in [2.24, 2.45) is 0 Å². The fourth-order valence-corrected chi connectivity index (χ4v) is 1.32. The van der Waals surface area contributed by atoms with Crippen molar-refractivity contribution in [2.75, 3.05) is 7.11 Å². The molecule has 0 radical (unpaired) electrons. The van der Waals surface area contributed by atoms with E-state index in [0.717, 1.165) is 24.2 Å². The number of methoxy groups -OCH3 is 1. The molecular weight excluding hydrogens is 206 g/mol. The quantitative estimate of drug-likeness (QED) is 0.787. The normalized spacial score (nSPS) is 10.4. The smallest absolute Gasteiger partial charge is 0.259 e. The summed E-state index contributed by atoms with van der Waals surface area (Å²) in [4.78, 5) is 8.35. The highest BCUT2D eigenvalue weighted by Crippen LogP contribution is 2.18. The van der Waals surface area contributed by atoms with Gasteiger partial charge in [-0.1, -0.05) is 12.1 Å². The highest BCUT2D eigenvalue weighted by atomic mass is 16.5. The number of hydrogen-bond acceptors (Lipinski definition) is 5. The molecule has 0 spiro atoms. The third-order valence-corrected chi connectivity index (χ3v) is 2.13. The summed E-state index contributed by atoms with van der Waals surface area (Å²) in [5.41, 5.74) is 0.802. The molecule has 0 N–H and O–H groups in total. The minimum absolute atomic E-state index is 0.499. The van der Waals surface area contributed by atoms with Crippen LogP contribution in [0.3, 0.4) is 0 Å². The van der Waals surface area contributed by atoms with E-state index in [1.807, 2.05) is 6.07 Å². The maximum atomic E-state index is 5.13. The van der Waals surface area contributed by atoms with Gasteiger partial charge in [-0.05, 0) is 12.5 Å². The topological polar surface area (TPSA) is 61.0 Å². The Hall–Kier alpha value is -1.91. The number of aryl methyl sites for hydroxylation is 1. The van der Waals surface area contributed by atoms with Crippen LogP contribution in [0.4, 0.5) is 0 Å². The van der Waals surface area contributed by atoms with Gasteiger partial charge in [0.25, 0.3) is 5.89 Å². The summed E-state index contributed by atoms with van der Waals surface area (Å²) < 4.78 is 10.1. The van der Waals surface area contributed by atoms with E-state index in [0.29, 0.717) is 11.8 Å². The van der Waals surface area contributed by atoms with Crippen molar-refractivity contribution in [1.82, 2.24) is 15.1 Å². The van der Waals surface area contributed by atoms with Crippen molar-refractivity contribution in [3.8, 4) is 17.3 Å². The zero-order valence-corrected chi connectivity index (χ0v) is 9.30. The summed E-state index contributed by atoms with van der Waals surface area (Å²) in [5.74, 6) is 1.80. The lowest BCUT2D eigenvalue weighted by Crippen LogP contribution is -1.88. The minimum Gasteiger partial charge on any atom is -0.481 e. The molecule has 16 heavy (non-hydrogen) atoms. The van der Waals surface area contributed by atoms with Crippen LogP contribution in [-0.4, -0.2) is 22.2 Å². The van der Waals surface area contributed by atoms with E-state index < -0.39 is 0 Å². The van der Waals surface area contributed by atoms with Crippen molar-refractivity contribution in [1.29, 1.82) is 0 Å². The summed E-state index contributed by atoms with van der Waals surface area (Å²) in [5, 5.41) is 3.88. The fourth-order valence-electron chi connectivity index (χ4n) is 1.32. The lowest BCUT2D eigenvalue weighted by atomic mass is 10.3. The molecular formula is C11H13N3O2. The highest BCUT2D eigenvalue weighted by Gasteiger charge is 2.08. The first-order valence-corrected chi connectivity index (χ1v) is 5.16. The van der Waals surface area contributed by atoms with Gasteiger partial charge in [-0.25, -0.2) is 4.98 Å². The third-order valence-electron chi connectivity index (χ3n) is 2.13. The SMILES string of the molecule is CCCc1noc(-c2ccc(OC)nc2)n1. The third kappa shape index (κ3) is 2.18. The monoisotopic (exact) mass is 219 g/mol. The molecule has 0 saturated heterocycles. The standard InChI is InChI=1S/C11H13N3O2/c1-3-4-9-13-11(16-14-9)8-5-6-10(15-2)12-7-8/h5-7H,3-4H2,1-2H3. The van der Waals surface area contributed by atoms with Crippen LogP contribution in [0.25, 0.3) is 11.5 Å². The van der Waals surface area contributed by atoms with E-state index in [1.165, 1.54) is 0 Å². The predicted molar refractivity (Wildman–Crippen MR) is 58.1 cm³/mol. The van der Waals surface area contributed by atoms with Crippen LogP contribution >= 0.6 is 0 Å². The molecule has 0 bridgehead atoms. The van der Waals surface area contributed by atoms with Gasteiger partial charge in [0.15, 0.2) is 5.82 Å². The van der Waals surface area contributed by atoms with E-state index >= 15 is 0 Å². The Morgan fingerprint density at radius 3 is 2.88 bits per heavy atom. The summed E-state index contributed by atoms with van der Waals surface area (Å²) >= 11 is 0. The fraction of sp³-hybridized carbons (Fsp3) is 0.364. The Kier molecular flexibility index (Phi) is 3.14. The molecule has 0 aliphatic rings. The average molecular weight is 219 g/mol. The molecule has 0 aromatic carbocycles. The molecule has 2 rings (SSSR count). The first-order chi connectivity index (χ1) is 7.83.